The number of benzene rings is 3. The van der Waals surface area contributed by atoms with Gasteiger partial charge in [0.05, 0.1) is 11.6 Å². The smallest absolute Gasteiger partial charge is 0.295 e. The van der Waals surface area contributed by atoms with Gasteiger partial charge in [0.25, 0.3) is 11.7 Å². The van der Waals surface area contributed by atoms with E-state index in [9.17, 15) is 14.7 Å². The molecule has 3 aromatic rings. The molecule has 1 N–H and O–H groups in total. The minimum absolute atomic E-state index is 0.115. The van der Waals surface area contributed by atoms with Gasteiger partial charge in [-0.2, -0.15) is 0 Å². The number of nitrogens with zero attached hydrogens (tertiary/aromatic N) is 2. The van der Waals surface area contributed by atoms with Crippen molar-refractivity contribution in [2.75, 3.05) is 27.2 Å². The Morgan fingerprint density at radius 1 is 0.972 bits per heavy atom. The second kappa shape index (κ2) is 10.8. The van der Waals surface area contributed by atoms with Crippen LogP contribution in [0.2, 0.25) is 0 Å². The molecule has 1 unspecified atom stereocenters. The highest BCUT2D eigenvalue weighted by atomic mass is 16.5. The molecule has 36 heavy (non-hydrogen) atoms. The largest absolute Gasteiger partial charge is 0.507 e. The SMILES string of the molecule is Cc1ccc(C2/C(=C(\O)c3ccc(OCc4ccccc4)cc3C)C(=O)C(=O)N2CCN(C)C)cc1. The van der Waals surface area contributed by atoms with Gasteiger partial charge in [0.15, 0.2) is 0 Å². The van der Waals surface area contributed by atoms with Crippen molar-refractivity contribution in [3.63, 3.8) is 0 Å². The van der Waals surface area contributed by atoms with E-state index in [0.717, 1.165) is 22.3 Å². The number of rotatable bonds is 8. The summed E-state index contributed by atoms with van der Waals surface area (Å²) in [6, 6.07) is 22.3. The van der Waals surface area contributed by atoms with Gasteiger partial charge in [-0.05, 0) is 62.8 Å². The lowest BCUT2D eigenvalue weighted by molar-refractivity contribution is -0.140. The van der Waals surface area contributed by atoms with Crippen molar-refractivity contribution >= 4 is 17.4 Å². The van der Waals surface area contributed by atoms with E-state index in [1.807, 2.05) is 93.5 Å². The number of aliphatic hydroxyl groups excluding tert-OH is 1. The van der Waals surface area contributed by atoms with E-state index < -0.39 is 17.7 Å². The number of aliphatic hydroxyl groups is 1. The third-order valence-corrected chi connectivity index (χ3v) is 6.42. The first-order chi connectivity index (χ1) is 17.3. The van der Waals surface area contributed by atoms with Crippen LogP contribution >= 0.6 is 0 Å². The first kappa shape index (κ1) is 25.2. The van der Waals surface area contributed by atoms with Crippen LogP contribution in [-0.4, -0.2) is 53.8 Å². The number of Topliss-reactive ketones (excluding diaryl/α,β-unsaturated/α-hetero) is 1. The van der Waals surface area contributed by atoms with E-state index in [1.54, 1.807) is 17.0 Å². The Labute approximate surface area is 212 Å². The molecule has 6 nitrogen and oxygen atoms in total. The molecule has 1 fully saturated rings. The van der Waals surface area contributed by atoms with Crippen molar-refractivity contribution in [1.82, 2.24) is 9.80 Å². The first-order valence-corrected chi connectivity index (χ1v) is 12.0. The van der Waals surface area contributed by atoms with Gasteiger partial charge in [0.2, 0.25) is 0 Å². The van der Waals surface area contributed by atoms with Gasteiger partial charge >= 0.3 is 0 Å². The van der Waals surface area contributed by atoms with E-state index in [2.05, 4.69) is 0 Å². The van der Waals surface area contributed by atoms with E-state index >= 15 is 0 Å². The monoisotopic (exact) mass is 484 g/mol. The van der Waals surface area contributed by atoms with Crippen LogP contribution in [0.25, 0.3) is 5.76 Å². The summed E-state index contributed by atoms with van der Waals surface area (Å²) in [4.78, 5) is 29.8. The fraction of sp³-hybridized carbons (Fsp3) is 0.267. The van der Waals surface area contributed by atoms with Crippen molar-refractivity contribution in [2.24, 2.45) is 0 Å². The average Bonchev–Trinajstić information content (AvgIpc) is 3.12. The van der Waals surface area contributed by atoms with Crippen molar-refractivity contribution in [1.29, 1.82) is 0 Å². The van der Waals surface area contributed by atoms with Gasteiger partial charge in [-0.15, -0.1) is 0 Å². The quantitative estimate of drug-likeness (QED) is 0.281. The fourth-order valence-corrected chi connectivity index (χ4v) is 4.39. The molecule has 0 aromatic heterocycles. The standard InChI is InChI=1S/C30H32N2O4/c1-20-10-12-23(13-11-20)27-26(29(34)30(35)32(27)17-16-31(3)4)28(33)25-15-14-24(18-21(25)2)36-19-22-8-6-5-7-9-22/h5-15,18,27,33H,16-17,19H2,1-4H3/b28-26+. The Bertz CT molecular complexity index is 1280. The minimum atomic E-state index is -0.666. The molecule has 1 aliphatic heterocycles. The normalized spacial score (nSPS) is 17.1. The van der Waals surface area contributed by atoms with Crippen LogP contribution in [0.1, 0.15) is 33.9 Å². The Kier molecular flexibility index (Phi) is 7.55. The number of carbonyl (C=O) groups is 2. The van der Waals surface area contributed by atoms with E-state index in [-0.39, 0.29) is 11.3 Å². The molecule has 4 rings (SSSR count). The highest BCUT2D eigenvalue weighted by Gasteiger charge is 2.46. The van der Waals surface area contributed by atoms with Gasteiger partial charge in [-0.25, -0.2) is 0 Å². The molecule has 0 bridgehead atoms. The van der Waals surface area contributed by atoms with Crippen LogP contribution in [0.3, 0.4) is 0 Å². The minimum Gasteiger partial charge on any atom is -0.507 e. The van der Waals surface area contributed by atoms with Gasteiger partial charge in [0.1, 0.15) is 18.1 Å². The second-order valence-electron chi connectivity index (χ2n) is 9.46. The predicted octanol–water partition coefficient (Wildman–Crippen LogP) is 4.87. The van der Waals surface area contributed by atoms with Gasteiger partial charge < -0.3 is 19.6 Å². The third kappa shape index (κ3) is 5.34. The molecule has 0 aliphatic carbocycles. The van der Waals surface area contributed by atoms with Crippen molar-refractivity contribution < 1.29 is 19.4 Å². The number of hydrogen-bond acceptors (Lipinski definition) is 5. The molecular formula is C30H32N2O4. The van der Waals surface area contributed by atoms with Crippen LogP contribution < -0.4 is 4.74 Å². The molecule has 1 aliphatic rings. The maximum atomic E-state index is 13.2. The molecule has 1 atom stereocenters. The van der Waals surface area contributed by atoms with Gasteiger partial charge in [0, 0.05) is 18.7 Å². The second-order valence-corrected chi connectivity index (χ2v) is 9.46. The van der Waals surface area contributed by atoms with Crippen LogP contribution in [-0.2, 0) is 16.2 Å². The highest BCUT2D eigenvalue weighted by molar-refractivity contribution is 6.46. The summed E-state index contributed by atoms with van der Waals surface area (Å²) in [6.45, 7) is 5.24. The number of likely N-dealkylation sites (tertiary alicyclic amines) is 1. The molecule has 1 saturated heterocycles. The summed E-state index contributed by atoms with van der Waals surface area (Å²) in [5, 5.41) is 11.4. The summed E-state index contributed by atoms with van der Waals surface area (Å²) < 4.78 is 5.91. The van der Waals surface area contributed by atoms with Crippen molar-refractivity contribution in [2.45, 2.75) is 26.5 Å². The number of aryl methyl sites for hydroxylation is 2. The topological polar surface area (TPSA) is 70.1 Å². The van der Waals surface area contributed by atoms with Crippen LogP contribution in [0.15, 0.2) is 78.4 Å². The van der Waals surface area contributed by atoms with E-state index in [4.69, 9.17) is 4.74 Å². The Hall–Kier alpha value is -3.90. The van der Waals surface area contributed by atoms with Gasteiger partial charge in [-0.1, -0.05) is 60.2 Å². The molecule has 1 amide bonds. The molecule has 3 aromatic carbocycles. The zero-order valence-electron chi connectivity index (χ0n) is 21.2. The Morgan fingerprint density at radius 2 is 1.67 bits per heavy atom. The number of carbonyl (C=O) groups excluding carboxylic acids is 2. The number of ether oxygens (including phenoxy) is 1. The van der Waals surface area contributed by atoms with E-state index in [1.165, 1.54) is 0 Å². The van der Waals surface area contributed by atoms with Gasteiger partial charge in [-0.3, -0.25) is 9.59 Å². The molecule has 186 valence electrons. The number of hydrogen-bond donors (Lipinski definition) is 1. The van der Waals surface area contributed by atoms with E-state index in [0.29, 0.717) is 31.0 Å². The van der Waals surface area contributed by atoms with Crippen molar-refractivity contribution in [3.8, 4) is 5.75 Å². The first-order valence-electron chi connectivity index (χ1n) is 12.0. The maximum Gasteiger partial charge on any atom is 0.295 e. The lowest BCUT2D eigenvalue weighted by atomic mass is 9.93. The zero-order chi connectivity index (χ0) is 25.8. The van der Waals surface area contributed by atoms with Crippen LogP contribution in [0, 0.1) is 13.8 Å². The summed E-state index contributed by atoms with van der Waals surface area (Å²) in [5.74, 6) is -0.766. The average molecular weight is 485 g/mol. The molecule has 0 saturated carbocycles. The maximum absolute atomic E-state index is 13.2. The summed E-state index contributed by atoms with van der Waals surface area (Å²) in [5.41, 5.74) is 4.29. The number of likely N-dealkylation sites (N-methyl/N-ethyl adjacent to an activating group) is 1. The summed E-state index contributed by atoms with van der Waals surface area (Å²) in [6.07, 6.45) is 0. The lowest BCUT2D eigenvalue weighted by Crippen LogP contribution is -2.35. The zero-order valence-corrected chi connectivity index (χ0v) is 21.2. The number of ketones is 1. The molecular weight excluding hydrogens is 452 g/mol. The lowest BCUT2D eigenvalue weighted by Gasteiger charge is -2.26. The predicted molar refractivity (Wildman–Crippen MR) is 141 cm³/mol. The van der Waals surface area contributed by atoms with Crippen molar-refractivity contribution in [3.05, 3.63) is 106 Å². The molecule has 6 heteroatoms. The molecule has 0 radical (unpaired) electrons. The number of amides is 1. The third-order valence-electron chi connectivity index (χ3n) is 6.42. The highest BCUT2D eigenvalue weighted by Crippen LogP contribution is 2.40. The Balaban J connectivity index is 1.70. The Morgan fingerprint density at radius 3 is 2.31 bits per heavy atom. The van der Waals surface area contributed by atoms with Crippen LogP contribution in [0.5, 0.6) is 5.75 Å². The summed E-state index contributed by atoms with van der Waals surface area (Å²) >= 11 is 0. The molecule has 0 spiro atoms. The molecule has 1 heterocycles. The summed E-state index contributed by atoms with van der Waals surface area (Å²) in [7, 11) is 3.84. The fourth-order valence-electron chi connectivity index (χ4n) is 4.39. The van der Waals surface area contributed by atoms with Crippen LogP contribution in [0.4, 0.5) is 0 Å².